The van der Waals surface area contributed by atoms with Crippen molar-refractivity contribution in [1.29, 1.82) is 0 Å². The Balaban J connectivity index is 0.000000686. The molecule has 2 rings (SSSR count). The predicted octanol–water partition coefficient (Wildman–Crippen LogP) is 3.57. The number of nitrogens with zero attached hydrogens (tertiary/aromatic N) is 2. The van der Waals surface area contributed by atoms with Crippen molar-refractivity contribution in [2.75, 3.05) is 0 Å². The lowest BCUT2D eigenvalue weighted by Crippen LogP contribution is -2.18. The third-order valence-electron chi connectivity index (χ3n) is 1.86. The normalized spacial score (nSPS) is 10.9. The number of pyridine rings is 1. The fourth-order valence-electron chi connectivity index (χ4n) is 1.32. The molecule has 2 aromatic rings. The third kappa shape index (κ3) is 3.12. The summed E-state index contributed by atoms with van der Waals surface area (Å²) in [5, 5.41) is 0. The molecule has 0 radical (unpaired) electrons. The molecule has 0 aliphatic rings. The van der Waals surface area contributed by atoms with Crippen molar-refractivity contribution < 1.29 is 17.9 Å². The summed E-state index contributed by atoms with van der Waals surface area (Å²) in [6, 6.07) is 4.91. The number of alkyl halides is 3. The summed E-state index contributed by atoms with van der Waals surface area (Å²) in [7, 11) is 0. The maximum absolute atomic E-state index is 12.1. The standard InChI is InChI=1S/C9H7F3N2O.C2H6/c1-6-8(15-9(10,11)12)14-5-3-2-4-7(14)13-6;1-2/h2-5H,1H3;1-2H3. The molecule has 0 saturated heterocycles. The minimum absolute atomic E-state index is 0.207. The summed E-state index contributed by atoms with van der Waals surface area (Å²) in [5.41, 5.74) is 0.632. The van der Waals surface area contributed by atoms with E-state index in [1.165, 1.54) is 17.5 Å². The molecule has 0 spiro atoms. The van der Waals surface area contributed by atoms with Gasteiger partial charge in [-0.25, -0.2) is 4.98 Å². The van der Waals surface area contributed by atoms with Crippen LogP contribution in [0.25, 0.3) is 5.65 Å². The molecule has 0 fully saturated rings. The zero-order chi connectivity index (χ0) is 13.1. The van der Waals surface area contributed by atoms with E-state index in [-0.39, 0.29) is 11.6 Å². The molecule has 94 valence electrons. The monoisotopic (exact) mass is 246 g/mol. The number of hydrogen-bond donors (Lipinski definition) is 0. The summed E-state index contributed by atoms with van der Waals surface area (Å²) in [4.78, 5) is 3.94. The zero-order valence-corrected chi connectivity index (χ0v) is 9.75. The highest BCUT2D eigenvalue weighted by atomic mass is 19.4. The summed E-state index contributed by atoms with van der Waals surface area (Å²) < 4.78 is 41.3. The molecule has 0 unspecified atom stereocenters. The van der Waals surface area contributed by atoms with E-state index in [1.54, 1.807) is 18.2 Å². The van der Waals surface area contributed by atoms with Gasteiger partial charge in [0.25, 0.3) is 0 Å². The van der Waals surface area contributed by atoms with Crippen LogP contribution in [0.15, 0.2) is 24.4 Å². The molecule has 0 aliphatic heterocycles. The highest BCUT2D eigenvalue weighted by Gasteiger charge is 2.33. The first-order valence-electron chi connectivity index (χ1n) is 5.17. The largest absolute Gasteiger partial charge is 0.574 e. The number of imidazole rings is 1. The number of ether oxygens (including phenoxy) is 1. The molecule has 0 aliphatic carbocycles. The lowest BCUT2D eigenvalue weighted by atomic mass is 10.5. The number of hydrogen-bond acceptors (Lipinski definition) is 2. The smallest absolute Gasteiger partial charge is 0.387 e. The van der Waals surface area contributed by atoms with Gasteiger partial charge in [-0.05, 0) is 19.1 Å². The van der Waals surface area contributed by atoms with Crippen molar-refractivity contribution in [2.45, 2.75) is 27.1 Å². The van der Waals surface area contributed by atoms with Gasteiger partial charge in [-0.2, -0.15) is 0 Å². The fraction of sp³-hybridized carbons (Fsp3) is 0.364. The average molecular weight is 246 g/mol. The topological polar surface area (TPSA) is 26.5 Å². The highest BCUT2D eigenvalue weighted by Crippen LogP contribution is 2.26. The highest BCUT2D eigenvalue weighted by molar-refractivity contribution is 5.45. The summed E-state index contributed by atoms with van der Waals surface area (Å²) in [6.45, 7) is 5.47. The summed E-state index contributed by atoms with van der Waals surface area (Å²) >= 11 is 0. The molecule has 2 heterocycles. The van der Waals surface area contributed by atoms with Gasteiger partial charge in [-0.15, -0.1) is 13.2 Å². The third-order valence-corrected chi connectivity index (χ3v) is 1.86. The van der Waals surface area contributed by atoms with E-state index < -0.39 is 6.36 Å². The van der Waals surface area contributed by atoms with Crippen LogP contribution in [0.1, 0.15) is 19.5 Å². The van der Waals surface area contributed by atoms with Gasteiger partial charge in [0.15, 0.2) is 0 Å². The molecule has 0 bridgehead atoms. The molecule has 0 saturated carbocycles. The van der Waals surface area contributed by atoms with Crippen LogP contribution >= 0.6 is 0 Å². The first-order valence-corrected chi connectivity index (χ1v) is 5.17. The summed E-state index contributed by atoms with van der Waals surface area (Å²) in [5.74, 6) is -0.293. The van der Waals surface area contributed by atoms with Crippen molar-refractivity contribution in [3.05, 3.63) is 30.1 Å². The van der Waals surface area contributed by atoms with Gasteiger partial charge in [0.1, 0.15) is 11.3 Å². The Hall–Kier alpha value is -1.72. The van der Waals surface area contributed by atoms with Gasteiger partial charge in [0.2, 0.25) is 5.88 Å². The lowest BCUT2D eigenvalue weighted by molar-refractivity contribution is -0.276. The second-order valence-electron chi connectivity index (χ2n) is 2.98. The van der Waals surface area contributed by atoms with E-state index in [9.17, 15) is 13.2 Å². The zero-order valence-electron chi connectivity index (χ0n) is 9.75. The van der Waals surface area contributed by atoms with Crippen LogP contribution in [-0.4, -0.2) is 15.7 Å². The molecule has 6 heteroatoms. The molecule has 0 atom stereocenters. The van der Waals surface area contributed by atoms with Crippen LogP contribution < -0.4 is 4.74 Å². The maximum atomic E-state index is 12.1. The summed E-state index contributed by atoms with van der Waals surface area (Å²) in [6.07, 6.45) is -3.23. The molecule has 17 heavy (non-hydrogen) atoms. The second-order valence-corrected chi connectivity index (χ2v) is 2.98. The van der Waals surface area contributed by atoms with Gasteiger partial charge in [0.05, 0.1) is 0 Å². The van der Waals surface area contributed by atoms with Crippen LogP contribution in [0, 0.1) is 6.92 Å². The van der Waals surface area contributed by atoms with Crippen LogP contribution in [-0.2, 0) is 0 Å². The minimum atomic E-state index is -4.70. The Morgan fingerprint density at radius 1 is 1.24 bits per heavy atom. The lowest BCUT2D eigenvalue weighted by Gasteiger charge is -2.08. The minimum Gasteiger partial charge on any atom is -0.387 e. The van der Waals surface area contributed by atoms with E-state index in [2.05, 4.69) is 9.72 Å². The van der Waals surface area contributed by atoms with Crippen molar-refractivity contribution in [3.63, 3.8) is 0 Å². The number of aryl methyl sites for hydroxylation is 1. The number of rotatable bonds is 1. The molecule has 0 aromatic carbocycles. The Labute approximate surface area is 96.8 Å². The molecule has 3 nitrogen and oxygen atoms in total. The SMILES string of the molecule is CC.Cc1nc2ccccn2c1OC(F)(F)F. The quantitative estimate of drug-likeness (QED) is 0.769. The van der Waals surface area contributed by atoms with E-state index >= 15 is 0 Å². The van der Waals surface area contributed by atoms with Gasteiger partial charge >= 0.3 is 6.36 Å². The fourth-order valence-corrected chi connectivity index (χ4v) is 1.32. The first kappa shape index (κ1) is 13.3. The average Bonchev–Trinajstić information content (AvgIpc) is 2.57. The van der Waals surface area contributed by atoms with Gasteiger partial charge in [0, 0.05) is 6.20 Å². The Kier molecular flexibility index (Phi) is 3.98. The van der Waals surface area contributed by atoms with Crippen molar-refractivity contribution >= 4 is 5.65 Å². The molecule has 2 aromatic heterocycles. The number of halogens is 3. The van der Waals surface area contributed by atoms with Crippen molar-refractivity contribution in [1.82, 2.24) is 9.38 Å². The molecular weight excluding hydrogens is 233 g/mol. The molecule has 0 amide bonds. The van der Waals surface area contributed by atoms with Crippen molar-refractivity contribution in [3.8, 4) is 5.88 Å². The van der Waals surface area contributed by atoms with Gasteiger partial charge in [-0.1, -0.05) is 19.9 Å². The second kappa shape index (κ2) is 5.07. The van der Waals surface area contributed by atoms with E-state index in [1.807, 2.05) is 13.8 Å². The molecule has 0 N–H and O–H groups in total. The van der Waals surface area contributed by atoms with E-state index in [0.717, 1.165) is 0 Å². The maximum Gasteiger partial charge on any atom is 0.574 e. The Morgan fingerprint density at radius 3 is 2.47 bits per heavy atom. The van der Waals surface area contributed by atoms with Gasteiger partial charge < -0.3 is 4.74 Å². The van der Waals surface area contributed by atoms with Crippen molar-refractivity contribution in [2.24, 2.45) is 0 Å². The van der Waals surface area contributed by atoms with E-state index in [0.29, 0.717) is 5.65 Å². The van der Waals surface area contributed by atoms with Crippen LogP contribution in [0.5, 0.6) is 5.88 Å². The Morgan fingerprint density at radius 2 is 1.88 bits per heavy atom. The van der Waals surface area contributed by atoms with E-state index in [4.69, 9.17) is 0 Å². The number of aromatic nitrogens is 2. The first-order chi connectivity index (χ1) is 7.97. The number of fused-ring (bicyclic) bond motifs is 1. The van der Waals surface area contributed by atoms with Crippen LogP contribution in [0.2, 0.25) is 0 Å². The van der Waals surface area contributed by atoms with Gasteiger partial charge in [-0.3, -0.25) is 4.40 Å². The van der Waals surface area contributed by atoms with Crippen LogP contribution in [0.3, 0.4) is 0 Å². The molecular formula is C11H13F3N2O. The van der Waals surface area contributed by atoms with Crippen LogP contribution in [0.4, 0.5) is 13.2 Å². The Bertz CT molecular complexity index is 491. The predicted molar refractivity (Wildman–Crippen MR) is 58.0 cm³/mol.